The molecule has 3 heterocycles. The highest BCUT2D eigenvalue weighted by molar-refractivity contribution is 6.03. The maximum absolute atomic E-state index is 11.8. The van der Waals surface area contributed by atoms with E-state index in [4.69, 9.17) is 0 Å². The van der Waals surface area contributed by atoms with E-state index in [-0.39, 0.29) is 5.91 Å². The molecule has 3 aliphatic heterocycles. The lowest BCUT2D eigenvalue weighted by molar-refractivity contribution is -0.115. The van der Waals surface area contributed by atoms with Gasteiger partial charge in [0.25, 0.3) is 0 Å². The SMILES string of the molecule is N#Cc1ccccc1N1CCN(N2CCN(c3cccc4c3NC(=O)C4)CC2)CC1. The van der Waals surface area contributed by atoms with Crippen molar-refractivity contribution >= 4 is 23.0 Å². The van der Waals surface area contributed by atoms with Crippen LogP contribution in [0, 0.1) is 11.3 Å². The van der Waals surface area contributed by atoms with Crippen LogP contribution in [0.15, 0.2) is 42.5 Å². The number of nitriles is 1. The van der Waals surface area contributed by atoms with Gasteiger partial charge in [0.15, 0.2) is 0 Å². The Balaban J connectivity index is 1.18. The summed E-state index contributed by atoms with van der Waals surface area (Å²) in [5.41, 5.74) is 5.05. The number of hydrogen-bond donors (Lipinski definition) is 1. The molecule has 0 radical (unpaired) electrons. The van der Waals surface area contributed by atoms with Crippen LogP contribution in [0.25, 0.3) is 0 Å². The fourth-order valence-electron chi connectivity index (χ4n) is 4.78. The molecule has 2 aromatic carbocycles. The Morgan fingerprint density at radius 1 is 0.767 bits per heavy atom. The molecule has 0 atom stereocenters. The van der Waals surface area contributed by atoms with Crippen LogP contribution in [0.1, 0.15) is 11.1 Å². The number of amides is 1. The lowest BCUT2D eigenvalue weighted by Gasteiger charge is -2.46. The number of carbonyl (C=O) groups is 1. The van der Waals surface area contributed by atoms with Crippen molar-refractivity contribution in [2.45, 2.75) is 6.42 Å². The molecule has 7 heteroatoms. The Hall–Kier alpha value is -3.08. The van der Waals surface area contributed by atoms with Gasteiger partial charge in [-0.2, -0.15) is 5.26 Å². The average Bonchev–Trinajstić information content (AvgIpc) is 3.19. The fraction of sp³-hybridized carbons (Fsp3) is 0.391. The number of anilines is 3. The first-order chi connectivity index (χ1) is 14.7. The maximum Gasteiger partial charge on any atom is 0.228 e. The van der Waals surface area contributed by atoms with Gasteiger partial charge < -0.3 is 15.1 Å². The molecule has 3 aliphatic rings. The molecule has 2 aromatic rings. The summed E-state index contributed by atoms with van der Waals surface area (Å²) in [6.07, 6.45) is 0.488. The number of nitrogens with zero attached hydrogens (tertiary/aromatic N) is 5. The van der Waals surface area contributed by atoms with E-state index in [1.807, 2.05) is 30.3 Å². The Morgan fingerprint density at radius 2 is 1.37 bits per heavy atom. The lowest BCUT2D eigenvalue weighted by atomic mass is 10.1. The predicted molar refractivity (Wildman–Crippen MR) is 118 cm³/mol. The van der Waals surface area contributed by atoms with Crippen LogP contribution in [0.4, 0.5) is 17.1 Å². The quantitative estimate of drug-likeness (QED) is 0.846. The molecule has 2 saturated heterocycles. The molecule has 0 spiro atoms. The molecule has 0 aliphatic carbocycles. The number of para-hydroxylation sites is 2. The van der Waals surface area contributed by atoms with Gasteiger partial charge in [-0.3, -0.25) is 4.79 Å². The van der Waals surface area contributed by atoms with Crippen LogP contribution in [-0.4, -0.2) is 68.3 Å². The summed E-state index contributed by atoms with van der Waals surface area (Å²) in [4.78, 5) is 16.5. The van der Waals surface area contributed by atoms with Gasteiger partial charge in [-0.15, -0.1) is 0 Å². The van der Waals surface area contributed by atoms with E-state index in [0.29, 0.717) is 6.42 Å². The Labute approximate surface area is 177 Å². The highest BCUT2D eigenvalue weighted by atomic mass is 16.1. The second-order valence-corrected chi connectivity index (χ2v) is 8.05. The first-order valence-corrected chi connectivity index (χ1v) is 10.6. The Kier molecular flexibility index (Phi) is 5.03. The molecule has 5 rings (SSSR count). The summed E-state index contributed by atoms with van der Waals surface area (Å²) in [6, 6.07) is 16.4. The van der Waals surface area contributed by atoms with E-state index in [2.05, 4.69) is 43.3 Å². The van der Waals surface area contributed by atoms with Crippen molar-refractivity contribution in [2.75, 3.05) is 67.5 Å². The minimum absolute atomic E-state index is 0.0897. The van der Waals surface area contributed by atoms with Crippen molar-refractivity contribution in [3.63, 3.8) is 0 Å². The van der Waals surface area contributed by atoms with Crippen molar-refractivity contribution in [3.05, 3.63) is 53.6 Å². The molecule has 2 fully saturated rings. The molecule has 0 bridgehead atoms. The van der Waals surface area contributed by atoms with Crippen LogP contribution in [-0.2, 0) is 11.2 Å². The maximum atomic E-state index is 11.8. The number of fused-ring (bicyclic) bond motifs is 1. The molecule has 1 amide bonds. The van der Waals surface area contributed by atoms with Crippen molar-refractivity contribution in [2.24, 2.45) is 0 Å². The van der Waals surface area contributed by atoms with Crippen LogP contribution < -0.4 is 15.1 Å². The average molecular weight is 403 g/mol. The van der Waals surface area contributed by atoms with E-state index in [0.717, 1.165) is 80.5 Å². The molecule has 0 aromatic heterocycles. The van der Waals surface area contributed by atoms with E-state index < -0.39 is 0 Å². The molecular formula is C23H26N6O. The molecule has 154 valence electrons. The van der Waals surface area contributed by atoms with Crippen LogP contribution >= 0.6 is 0 Å². The monoisotopic (exact) mass is 402 g/mol. The Morgan fingerprint density at radius 3 is 2.03 bits per heavy atom. The zero-order valence-corrected chi connectivity index (χ0v) is 17.0. The van der Waals surface area contributed by atoms with Gasteiger partial charge in [-0.25, -0.2) is 10.0 Å². The standard InChI is InChI=1S/C23H26N6O/c24-17-19-4-1-2-6-20(19)26-8-12-28(13-9-26)29-14-10-27(11-15-29)21-7-3-5-18-16-22(30)25-23(18)21/h1-7H,8-16H2,(H,25,30). The number of nitrogens with one attached hydrogen (secondary N) is 1. The van der Waals surface area contributed by atoms with E-state index >= 15 is 0 Å². The molecule has 0 saturated carbocycles. The molecule has 0 unspecified atom stereocenters. The number of hydrazine groups is 1. The summed E-state index contributed by atoms with van der Waals surface area (Å²) >= 11 is 0. The van der Waals surface area contributed by atoms with Gasteiger partial charge in [0.2, 0.25) is 5.91 Å². The van der Waals surface area contributed by atoms with Gasteiger partial charge in [0.1, 0.15) is 6.07 Å². The lowest BCUT2D eigenvalue weighted by Crippen LogP contribution is -2.59. The van der Waals surface area contributed by atoms with E-state index in [1.54, 1.807) is 0 Å². The number of hydrogen-bond acceptors (Lipinski definition) is 6. The summed E-state index contributed by atoms with van der Waals surface area (Å²) in [5.74, 6) is 0.0897. The van der Waals surface area contributed by atoms with Crippen molar-refractivity contribution < 1.29 is 4.79 Å². The van der Waals surface area contributed by atoms with Gasteiger partial charge in [-0.1, -0.05) is 24.3 Å². The zero-order chi connectivity index (χ0) is 20.5. The second kappa shape index (κ2) is 7.98. The normalized spacial score (nSPS) is 20.0. The van der Waals surface area contributed by atoms with Crippen LogP contribution in [0.2, 0.25) is 0 Å². The Bertz CT molecular complexity index is 983. The van der Waals surface area contributed by atoms with E-state index in [1.165, 1.54) is 0 Å². The fourth-order valence-corrected chi connectivity index (χ4v) is 4.78. The third kappa shape index (κ3) is 3.49. The summed E-state index contributed by atoms with van der Waals surface area (Å²) in [5, 5.41) is 17.3. The zero-order valence-electron chi connectivity index (χ0n) is 17.0. The summed E-state index contributed by atoms with van der Waals surface area (Å²) in [6.45, 7) is 7.65. The third-order valence-corrected chi connectivity index (χ3v) is 6.36. The van der Waals surface area contributed by atoms with E-state index in [9.17, 15) is 10.1 Å². The number of rotatable bonds is 3. The van der Waals surface area contributed by atoms with Gasteiger partial charge in [0, 0.05) is 52.4 Å². The molecular weight excluding hydrogens is 376 g/mol. The minimum atomic E-state index is 0.0897. The van der Waals surface area contributed by atoms with Crippen LogP contribution in [0.5, 0.6) is 0 Å². The highest BCUT2D eigenvalue weighted by Crippen LogP contribution is 2.34. The van der Waals surface area contributed by atoms with Gasteiger partial charge >= 0.3 is 0 Å². The number of benzene rings is 2. The molecule has 7 nitrogen and oxygen atoms in total. The van der Waals surface area contributed by atoms with Crippen molar-refractivity contribution in [1.29, 1.82) is 5.26 Å². The minimum Gasteiger partial charge on any atom is -0.368 e. The van der Waals surface area contributed by atoms with Gasteiger partial charge in [-0.05, 0) is 23.8 Å². The number of piperazine rings is 2. The number of carbonyl (C=O) groups excluding carboxylic acids is 1. The predicted octanol–water partition coefficient (Wildman–Crippen LogP) is 1.91. The van der Waals surface area contributed by atoms with Crippen LogP contribution in [0.3, 0.4) is 0 Å². The smallest absolute Gasteiger partial charge is 0.228 e. The third-order valence-electron chi connectivity index (χ3n) is 6.36. The molecule has 30 heavy (non-hydrogen) atoms. The topological polar surface area (TPSA) is 65.9 Å². The first-order valence-electron chi connectivity index (χ1n) is 10.6. The van der Waals surface area contributed by atoms with Crippen molar-refractivity contribution in [3.8, 4) is 6.07 Å². The largest absolute Gasteiger partial charge is 0.368 e. The summed E-state index contributed by atoms with van der Waals surface area (Å²) < 4.78 is 0. The highest BCUT2D eigenvalue weighted by Gasteiger charge is 2.29. The van der Waals surface area contributed by atoms with Gasteiger partial charge in [0.05, 0.1) is 29.0 Å². The first kappa shape index (κ1) is 18.9. The summed E-state index contributed by atoms with van der Waals surface area (Å²) in [7, 11) is 0. The molecule has 1 N–H and O–H groups in total. The second-order valence-electron chi connectivity index (χ2n) is 8.05. The van der Waals surface area contributed by atoms with Crippen molar-refractivity contribution in [1.82, 2.24) is 10.0 Å².